The molecule has 5 heterocycles. The first-order valence-corrected chi connectivity index (χ1v) is 14.6. The van der Waals surface area contributed by atoms with E-state index in [-0.39, 0.29) is 0 Å². The third kappa shape index (κ3) is 4.29. The minimum absolute atomic E-state index is 0.625. The fourth-order valence-electron chi connectivity index (χ4n) is 5.86. The van der Waals surface area contributed by atoms with Crippen molar-refractivity contribution in [3.63, 3.8) is 0 Å². The van der Waals surface area contributed by atoms with Crippen molar-refractivity contribution in [3.8, 4) is 45.6 Å². The largest absolute Gasteiger partial charge is 0.456 e. The standard InChI is InChI=1S/C38H22N6O/c1-3-11-29-25(9-1)35(31-13-5-7-19-39-31)43-37(41-29)23-15-17-33-27(21-23)28-22-24(16-18-34(28)45-33)38-42-30-12-4-2-10-26(30)36(44-38)32-14-6-8-20-40-32/h1-22H. The molecule has 7 nitrogen and oxygen atoms in total. The van der Waals surface area contributed by atoms with E-state index in [0.29, 0.717) is 11.6 Å². The number of para-hydroxylation sites is 2. The molecule has 0 radical (unpaired) electrons. The zero-order valence-electron chi connectivity index (χ0n) is 23.8. The molecule has 210 valence electrons. The van der Waals surface area contributed by atoms with Crippen molar-refractivity contribution in [2.45, 2.75) is 0 Å². The molecule has 0 aliphatic rings. The van der Waals surface area contributed by atoms with Crippen molar-refractivity contribution in [2.75, 3.05) is 0 Å². The second-order valence-corrected chi connectivity index (χ2v) is 10.8. The number of pyridine rings is 2. The van der Waals surface area contributed by atoms with Crippen LogP contribution in [0, 0.1) is 0 Å². The quantitative estimate of drug-likeness (QED) is 0.206. The molecule has 4 aromatic carbocycles. The lowest BCUT2D eigenvalue weighted by molar-refractivity contribution is 0.669. The molecule has 0 aliphatic carbocycles. The van der Waals surface area contributed by atoms with Crippen LogP contribution < -0.4 is 0 Å². The molecule has 0 N–H and O–H groups in total. The number of furan rings is 1. The molecule has 0 amide bonds. The van der Waals surface area contributed by atoms with Crippen molar-refractivity contribution >= 4 is 43.7 Å². The maximum absolute atomic E-state index is 6.26. The van der Waals surface area contributed by atoms with Gasteiger partial charge in [-0.15, -0.1) is 0 Å². The molecule has 0 atom stereocenters. The van der Waals surface area contributed by atoms with E-state index in [1.165, 1.54) is 0 Å². The topological polar surface area (TPSA) is 90.5 Å². The first-order valence-electron chi connectivity index (χ1n) is 14.6. The van der Waals surface area contributed by atoms with Crippen molar-refractivity contribution < 1.29 is 4.42 Å². The van der Waals surface area contributed by atoms with Crippen molar-refractivity contribution in [3.05, 3.63) is 134 Å². The summed E-state index contributed by atoms with van der Waals surface area (Å²) in [5.41, 5.74) is 8.26. The van der Waals surface area contributed by atoms with Crippen LogP contribution >= 0.6 is 0 Å². The van der Waals surface area contributed by atoms with Gasteiger partial charge in [-0.2, -0.15) is 0 Å². The van der Waals surface area contributed by atoms with Gasteiger partial charge in [0, 0.05) is 45.1 Å². The van der Waals surface area contributed by atoms with Gasteiger partial charge in [0.2, 0.25) is 0 Å². The van der Waals surface area contributed by atoms with Gasteiger partial charge in [0.05, 0.1) is 22.4 Å². The number of rotatable bonds is 4. The fourth-order valence-corrected chi connectivity index (χ4v) is 5.86. The van der Waals surface area contributed by atoms with Crippen LogP contribution in [0.15, 0.2) is 138 Å². The first kappa shape index (κ1) is 25.2. The third-order valence-electron chi connectivity index (χ3n) is 8.01. The Morgan fingerprint density at radius 2 is 0.867 bits per heavy atom. The summed E-state index contributed by atoms with van der Waals surface area (Å²) in [6.07, 6.45) is 3.57. The van der Waals surface area contributed by atoms with Crippen molar-refractivity contribution in [1.29, 1.82) is 0 Å². The van der Waals surface area contributed by atoms with Crippen LogP contribution in [-0.4, -0.2) is 29.9 Å². The SMILES string of the molecule is c1ccc(-c2nc(-c3ccc4oc5ccc(-c6nc(-c7ccccn7)c7ccccc7n6)cc5c4c3)nc3ccccc23)nc1. The summed E-state index contributed by atoms with van der Waals surface area (Å²) in [4.78, 5) is 29.1. The molecular formula is C38H22N6O. The Labute approximate surface area is 256 Å². The van der Waals surface area contributed by atoms with Crippen molar-refractivity contribution in [1.82, 2.24) is 29.9 Å². The van der Waals surface area contributed by atoms with Crippen LogP contribution in [0.4, 0.5) is 0 Å². The molecule has 9 aromatic rings. The summed E-state index contributed by atoms with van der Waals surface area (Å²) in [5.74, 6) is 1.25. The first-order chi connectivity index (χ1) is 22.3. The van der Waals surface area contributed by atoms with Crippen LogP contribution in [0.25, 0.3) is 89.3 Å². The molecule has 0 spiro atoms. The van der Waals surface area contributed by atoms with Gasteiger partial charge >= 0.3 is 0 Å². The van der Waals surface area contributed by atoms with Gasteiger partial charge in [-0.1, -0.05) is 48.5 Å². The molecule has 45 heavy (non-hydrogen) atoms. The van der Waals surface area contributed by atoms with E-state index in [1.807, 2.05) is 109 Å². The molecule has 7 heteroatoms. The van der Waals surface area contributed by atoms with Gasteiger partial charge in [-0.3, -0.25) is 9.97 Å². The van der Waals surface area contributed by atoms with Gasteiger partial charge in [0.15, 0.2) is 11.6 Å². The van der Waals surface area contributed by atoms with Gasteiger partial charge < -0.3 is 4.42 Å². The van der Waals surface area contributed by atoms with E-state index >= 15 is 0 Å². The average Bonchev–Trinajstić information content (AvgIpc) is 3.48. The molecule has 0 aliphatic heterocycles. The van der Waals surface area contributed by atoms with E-state index in [0.717, 1.165) is 77.6 Å². The van der Waals surface area contributed by atoms with E-state index in [9.17, 15) is 0 Å². The van der Waals surface area contributed by atoms with E-state index in [4.69, 9.17) is 24.4 Å². The lowest BCUT2D eigenvalue weighted by atomic mass is 10.0. The Hall–Kier alpha value is -6.34. The van der Waals surface area contributed by atoms with E-state index < -0.39 is 0 Å². The highest BCUT2D eigenvalue weighted by Crippen LogP contribution is 2.36. The van der Waals surface area contributed by atoms with Gasteiger partial charge in [-0.25, -0.2) is 19.9 Å². The zero-order valence-corrected chi connectivity index (χ0v) is 23.8. The summed E-state index contributed by atoms with van der Waals surface area (Å²) in [5, 5.41) is 3.84. The Morgan fingerprint density at radius 1 is 0.400 bits per heavy atom. The number of hydrogen-bond acceptors (Lipinski definition) is 7. The Bertz CT molecular complexity index is 2370. The number of fused-ring (bicyclic) bond motifs is 5. The van der Waals surface area contributed by atoms with Crippen molar-refractivity contribution in [2.24, 2.45) is 0 Å². The highest BCUT2D eigenvalue weighted by molar-refractivity contribution is 6.07. The number of nitrogens with zero attached hydrogens (tertiary/aromatic N) is 6. The molecule has 0 saturated heterocycles. The average molecular weight is 579 g/mol. The van der Waals surface area contributed by atoms with Crippen LogP contribution in [-0.2, 0) is 0 Å². The Morgan fingerprint density at radius 3 is 1.33 bits per heavy atom. The maximum Gasteiger partial charge on any atom is 0.160 e. The molecule has 0 bridgehead atoms. The molecule has 0 fully saturated rings. The maximum atomic E-state index is 6.26. The smallest absolute Gasteiger partial charge is 0.160 e. The molecule has 9 rings (SSSR count). The van der Waals surface area contributed by atoms with Gasteiger partial charge in [0.1, 0.15) is 22.6 Å². The number of hydrogen-bond donors (Lipinski definition) is 0. The second kappa shape index (κ2) is 10.1. The van der Waals surface area contributed by atoms with Crippen LogP contribution in [0.2, 0.25) is 0 Å². The molecule has 0 saturated carbocycles. The predicted octanol–water partition coefficient (Wildman–Crippen LogP) is 8.93. The van der Waals surface area contributed by atoms with Crippen LogP contribution in [0.5, 0.6) is 0 Å². The minimum Gasteiger partial charge on any atom is -0.456 e. The van der Waals surface area contributed by atoms with E-state index in [1.54, 1.807) is 12.4 Å². The van der Waals surface area contributed by atoms with E-state index in [2.05, 4.69) is 22.1 Å². The number of aromatic nitrogens is 6. The van der Waals surface area contributed by atoms with Gasteiger partial charge in [0.25, 0.3) is 0 Å². The van der Waals surface area contributed by atoms with Crippen LogP contribution in [0.3, 0.4) is 0 Å². The van der Waals surface area contributed by atoms with Gasteiger partial charge in [-0.05, 0) is 72.8 Å². The molecular weight excluding hydrogens is 556 g/mol. The summed E-state index contributed by atoms with van der Waals surface area (Å²) >= 11 is 0. The highest BCUT2D eigenvalue weighted by Gasteiger charge is 2.17. The Kier molecular flexibility index (Phi) is 5.67. The fraction of sp³-hybridized carbons (Fsp3) is 0. The molecule has 5 aromatic heterocycles. The second-order valence-electron chi connectivity index (χ2n) is 10.8. The monoisotopic (exact) mass is 578 g/mol. The normalized spacial score (nSPS) is 11.6. The number of benzene rings is 4. The third-order valence-corrected chi connectivity index (χ3v) is 8.01. The Balaban J connectivity index is 1.21. The molecule has 0 unspecified atom stereocenters. The summed E-state index contributed by atoms with van der Waals surface area (Å²) in [6.45, 7) is 0. The van der Waals surface area contributed by atoms with Crippen LogP contribution in [0.1, 0.15) is 0 Å². The summed E-state index contributed by atoms with van der Waals surface area (Å²) < 4.78 is 6.26. The minimum atomic E-state index is 0.625. The lowest BCUT2D eigenvalue weighted by Crippen LogP contribution is -1.96. The highest BCUT2D eigenvalue weighted by atomic mass is 16.3. The summed E-state index contributed by atoms with van der Waals surface area (Å²) in [6, 6.07) is 39.9. The zero-order chi connectivity index (χ0) is 29.7. The lowest BCUT2D eigenvalue weighted by Gasteiger charge is -2.09. The predicted molar refractivity (Wildman–Crippen MR) is 177 cm³/mol. The summed E-state index contributed by atoms with van der Waals surface area (Å²) in [7, 11) is 0.